The second-order valence-corrected chi connectivity index (χ2v) is 7.63. The molecule has 0 radical (unpaired) electrons. The zero-order valence-corrected chi connectivity index (χ0v) is 15.9. The third-order valence-electron chi connectivity index (χ3n) is 5.96. The highest BCUT2D eigenvalue weighted by Crippen LogP contribution is 2.40. The number of amides is 1. The van der Waals surface area contributed by atoms with Gasteiger partial charge in [0.1, 0.15) is 5.60 Å². The molecular formula is C19H29N5O3. The lowest BCUT2D eigenvalue weighted by Crippen LogP contribution is -2.49. The van der Waals surface area contributed by atoms with Crippen molar-refractivity contribution in [2.45, 2.75) is 37.7 Å². The molecule has 0 atom stereocenters. The van der Waals surface area contributed by atoms with E-state index in [1.807, 2.05) is 11.1 Å². The van der Waals surface area contributed by atoms with Crippen molar-refractivity contribution in [3.05, 3.63) is 17.5 Å². The minimum Gasteiger partial charge on any atom is -0.379 e. The van der Waals surface area contributed by atoms with Crippen molar-refractivity contribution in [2.75, 3.05) is 58.3 Å². The molecule has 1 amide bonds. The van der Waals surface area contributed by atoms with E-state index >= 15 is 0 Å². The molecule has 3 aliphatic rings. The Morgan fingerprint density at radius 1 is 1.19 bits per heavy atom. The third-order valence-corrected chi connectivity index (χ3v) is 5.96. The quantitative estimate of drug-likeness (QED) is 0.822. The van der Waals surface area contributed by atoms with Crippen molar-refractivity contribution >= 4 is 11.9 Å². The molecule has 0 aliphatic carbocycles. The van der Waals surface area contributed by atoms with E-state index in [1.54, 1.807) is 0 Å². The number of hydrogen-bond acceptors (Lipinski definition) is 7. The van der Waals surface area contributed by atoms with Crippen LogP contribution in [0.3, 0.4) is 0 Å². The molecule has 148 valence electrons. The number of anilines is 1. The largest absolute Gasteiger partial charge is 0.379 e. The molecule has 0 saturated carbocycles. The Hall–Kier alpha value is -1.77. The molecule has 8 heteroatoms. The van der Waals surface area contributed by atoms with E-state index in [0.717, 1.165) is 69.8 Å². The number of ether oxygens (including phenoxy) is 2. The van der Waals surface area contributed by atoms with E-state index in [1.165, 1.54) is 0 Å². The summed E-state index contributed by atoms with van der Waals surface area (Å²) < 4.78 is 11.5. The van der Waals surface area contributed by atoms with Crippen LogP contribution >= 0.6 is 0 Å². The van der Waals surface area contributed by atoms with Gasteiger partial charge in [-0.3, -0.25) is 9.69 Å². The minimum absolute atomic E-state index is 0.247. The second kappa shape index (κ2) is 8.08. The molecule has 4 rings (SSSR count). The van der Waals surface area contributed by atoms with Crippen molar-refractivity contribution in [2.24, 2.45) is 0 Å². The van der Waals surface area contributed by atoms with E-state index in [2.05, 4.69) is 14.9 Å². The molecule has 1 spiro atoms. The van der Waals surface area contributed by atoms with Crippen molar-refractivity contribution in [3.8, 4) is 0 Å². The maximum absolute atomic E-state index is 12.6. The molecular weight excluding hydrogens is 346 g/mol. The van der Waals surface area contributed by atoms with Crippen LogP contribution in [0.15, 0.2) is 6.20 Å². The van der Waals surface area contributed by atoms with Crippen LogP contribution in [0.1, 0.15) is 36.9 Å². The summed E-state index contributed by atoms with van der Waals surface area (Å²) in [6, 6.07) is 0. The molecule has 0 bridgehead atoms. The Morgan fingerprint density at radius 2 is 1.96 bits per heavy atom. The number of likely N-dealkylation sites (tertiary alicyclic amines) is 1. The van der Waals surface area contributed by atoms with E-state index < -0.39 is 5.60 Å². The van der Waals surface area contributed by atoms with Gasteiger partial charge in [-0.2, -0.15) is 0 Å². The Balaban J connectivity index is 1.30. The molecule has 0 unspecified atom stereocenters. The van der Waals surface area contributed by atoms with Gasteiger partial charge < -0.3 is 20.1 Å². The van der Waals surface area contributed by atoms with Gasteiger partial charge in [-0.15, -0.1) is 0 Å². The maximum atomic E-state index is 12.6. The van der Waals surface area contributed by atoms with Gasteiger partial charge in [-0.25, -0.2) is 9.97 Å². The number of fused-ring (bicyclic) bond motifs is 2. The Kier molecular flexibility index (Phi) is 5.56. The lowest BCUT2D eigenvalue weighted by molar-refractivity contribution is -0.141. The number of rotatable bonds is 4. The fraction of sp³-hybridized carbons (Fsp3) is 0.737. The molecule has 4 heterocycles. The van der Waals surface area contributed by atoms with Crippen LogP contribution in [0, 0.1) is 0 Å². The molecule has 3 aliphatic heterocycles. The number of nitrogens with zero attached hydrogens (tertiary/aromatic N) is 4. The highest BCUT2D eigenvalue weighted by Gasteiger charge is 2.43. The highest BCUT2D eigenvalue weighted by molar-refractivity contribution is 5.76. The zero-order valence-electron chi connectivity index (χ0n) is 15.9. The average molecular weight is 375 g/mol. The zero-order chi connectivity index (χ0) is 18.7. The van der Waals surface area contributed by atoms with Crippen LogP contribution in [0.4, 0.5) is 5.95 Å². The molecule has 2 saturated heterocycles. The topological polar surface area (TPSA) is 93.8 Å². The van der Waals surface area contributed by atoms with Crippen LogP contribution in [0.2, 0.25) is 0 Å². The van der Waals surface area contributed by atoms with Gasteiger partial charge in [-0.05, 0) is 37.8 Å². The molecule has 0 aromatic carbocycles. The van der Waals surface area contributed by atoms with Gasteiger partial charge in [0.25, 0.3) is 0 Å². The summed E-state index contributed by atoms with van der Waals surface area (Å²) in [6.45, 7) is 6.62. The smallest absolute Gasteiger partial charge is 0.222 e. The van der Waals surface area contributed by atoms with Crippen LogP contribution < -0.4 is 5.73 Å². The molecule has 8 nitrogen and oxygen atoms in total. The van der Waals surface area contributed by atoms with Gasteiger partial charge in [-0.1, -0.05) is 0 Å². The number of carbonyl (C=O) groups is 1. The SMILES string of the molecule is Nc1ncc2c(n1)C1(CCN(C(=O)CCCN3CCOCC3)CC1)OCC2. The van der Waals surface area contributed by atoms with Crippen LogP contribution in [-0.4, -0.2) is 78.2 Å². The standard InChI is InChI=1S/C19H29N5O3/c20-18-21-14-15-3-11-27-19(17(15)22-18)4-7-24(8-5-19)16(25)2-1-6-23-9-12-26-13-10-23/h14H,1-13H2,(H2,20,21,22). The monoisotopic (exact) mass is 375 g/mol. The Morgan fingerprint density at radius 3 is 2.74 bits per heavy atom. The number of piperidine rings is 1. The van der Waals surface area contributed by atoms with Gasteiger partial charge in [0.15, 0.2) is 0 Å². The highest BCUT2D eigenvalue weighted by atomic mass is 16.5. The van der Waals surface area contributed by atoms with E-state index in [0.29, 0.717) is 32.1 Å². The Labute approximate surface area is 160 Å². The molecule has 2 N–H and O–H groups in total. The summed E-state index contributed by atoms with van der Waals surface area (Å²) in [5, 5.41) is 0. The summed E-state index contributed by atoms with van der Waals surface area (Å²) in [5.41, 5.74) is 7.46. The third kappa shape index (κ3) is 4.07. The van der Waals surface area contributed by atoms with Crippen LogP contribution in [0.5, 0.6) is 0 Å². The number of nitrogen functional groups attached to an aromatic ring is 1. The van der Waals surface area contributed by atoms with Gasteiger partial charge in [0.2, 0.25) is 11.9 Å². The number of morpholine rings is 1. The predicted molar refractivity (Wildman–Crippen MR) is 100 cm³/mol. The van der Waals surface area contributed by atoms with Crippen molar-refractivity contribution in [1.82, 2.24) is 19.8 Å². The van der Waals surface area contributed by atoms with E-state index in [9.17, 15) is 4.79 Å². The summed E-state index contributed by atoms with van der Waals surface area (Å²) in [7, 11) is 0. The molecule has 1 aromatic rings. The fourth-order valence-electron chi connectivity index (χ4n) is 4.36. The predicted octanol–water partition coefficient (Wildman–Crippen LogP) is 0.562. The number of aromatic nitrogens is 2. The Bertz CT molecular complexity index is 669. The maximum Gasteiger partial charge on any atom is 0.222 e. The van der Waals surface area contributed by atoms with Gasteiger partial charge in [0.05, 0.1) is 25.5 Å². The van der Waals surface area contributed by atoms with Crippen LogP contribution in [-0.2, 0) is 26.3 Å². The first-order chi connectivity index (χ1) is 13.2. The lowest BCUT2D eigenvalue weighted by atomic mass is 9.83. The molecule has 1 aromatic heterocycles. The summed E-state index contributed by atoms with van der Waals surface area (Å²) in [6.07, 6.45) is 5.70. The number of nitrogens with two attached hydrogens (primary N) is 1. The normalized spacial score (nSPS) is 22.6. The van der Waals surface area contributed by atoms with Crippen molar-refractivity contribution in [3.63, 3.8) is 0 Å². The van der Waals surface area contributed by atoms with Crippen molar-refractivity contribution in [1.29, 1.82) is 0 Å². The van der Waals surface area contributed by atoms with E-state index in [-0.39, 0.29) is 5.91 Å². The van der Waals surface area contributed by atoms with Crippen LogP contribution in [0.25, 0.3) is 0 Å². The van der Waals surface area contributed by atoms with Crippen molar-refractivity contribution < 1.29 is 14.3 Å². The fourth-order valence-corrected chi connectivity index (χ4v) is 4.36. The summed E-state index contributed by atoms with van der Waals surface area (Å²) >= 11 is 0. The average Bonchev–Trinajstić information content (AvgIpc) is 2.70. The summed E-state index contributed by atoms with van der Waals surface area (Å²) in [5.74, 6) is 0.539. The molecule has 2 fully saturated rings. The first kappa shape index (κ1) is 18.6. The first-order valence-electron chi connectivity index (χ1n) is 10.00. The number of carbonyl (C=O) groups excluding carboxylic acids is 1. The van der Waals surface area contributed by atoms with Gasteiger partial charge in [0, 0.05) is 38.8 Å². The van der Waals surface area contributed by atoms with E-state index in [4.69, 9.17) is 15.2 Å². The number of hydrogen-bond donors (Lipinski definition) is 1. The van der Waals surface area contributed by atoms with Gasteiger partial charge >= 0.3 is 0 Å². The summed E-state index contributed by atoms with van der Waals surface area (Å²) in [4.78, 5) is 25.6. The second-order valence-electron chi connectivity index (χ2n) is 7.63. The minimum atomic E-state index is -0.408. The molecule has 27 heavy (non-hydrogen) atoms. The lowest BCUT2D eigenvalue weighted by Gasteiger charge is -2.44. The first-order valence-corrected chi connectivity index (χ1v) is 10.00.